The molecule has 0 aliphatic rings. The minimum atomic E-state index is 0. The molecule has 0 aromatic heterocycles. The molecule has 0 fully saturated rings. The van der Waals surface area contributed by atoms with Crippen molar-refractivity contribution in [1.82, 2.24) is 0 Å². The summed E-state index contributed by atoms with van der Waals surface area (Å²) >= 11 is 0. The Morgan fingerprint density at radius 2 is 1.12 bits per heavy atom. The fraction of sp³-hybridized carbons (Fsp3) is 0.122. The molecule has 0 heterocycles. The molecule has 0 saturated heterocycles. The van der Waals surface area contributed by atoms with Gasteiger partial charge in [-0.15, -0.1) is 0 Å². The van der Waals surface area contributed by atoms with Gasteiger partial charge < -0.3 is 0 Å². The Kier molecular flexibility index (Phi) is 9.05. The van der Waals surface area contributed by atoms with E-state index in [0.717, 1.165) is 6.42 Å². The van der Waals surface area contributed by atoms with Gasteiger partial charge >= 0.3 is 0 Å². The van der Waals surface area contributed by atoms with Crippen LogP contribution in [0.3, 0.4) is 0 Å². The number of rotatable bonds is 6. The summed E-state index contributed by atoms with van der Waals surface area (Å²) in [4.78, 5) is 0. The zero-order chi connectivity index (χ0) is 26.8. The fourth-order valence-corrected chi connectivity index (χ4v) is 5.65. The molecule has 0 bridgehead atoms. The van der Waals surface area contributed by atoms with E-state index in [4.69, 9.17) is 0 Å². The molecule has 6 aromatic carbocycles. The molecule has 0 aliphatic carbocycles. The van der Waals surface area contributed by atoms with Gasteiger partial charge in [0.1, 0.15) is 0 Å². The highest BCUT2D eigenvalue weighted by molar-refractivity contribution is 6.19. The number of hydrogen-bond acceptors (Lipinski definition) is 0. The molecular weight excluding hydrogens is 492 g/mol. The maximum atomic E-state index is 4.03. The molecule has 0 unspecified atom stereocenters. The fourth-order valence-electron chi connectivity index (χ4n) is 5.65. The van der Waals surface area contributed by atoms with E-state index in [-0.39, 0.29) is 14.9 Å². The Balaban J connectivity index is 0.00000194. The van der Waals surface area contributed by atoms with Crippen LogP contribution in [0.25, 0.3) is 60.1 Å². The molecule has 0 heteroatoms. The molecule has 204 valence electrons. The summed E-state index contributed by atoms with van der Waals surface area (Å²) in [5.74, 6) is 0. The van der Waals surface area contributed by atoms with Crippen LogP contribution in [0.15, 0.2) is 146 Å². The van der Waals surface area contributed by atoms with Crippen LogP contribution >= 0.6 is 0 Å². The Hall–Kier alpha value is -4.68. The lowest BCUT2D eigenvalue weighted by Crippen LogP contribution is -1.93. The van der Waals surface area contributed by atoms with Crippen LogP contribution in [-0.4, -0.2) is 0 Å². The highest BCUT2D eigenvalue weighted by atomic mass is 14.2. The van der Waals surface area contributed by atoms with E-state index in [9.17, 15) is 0 Å². The number of benzene rings is 6. The van der Waals surface area contributed by atoms with Gasteiger partial charge in [-0.2, -0.15) is 0 Å². The molecule has 0 nitrogen and oxygen atoms in total. The van der Waals surface area contributed by atoms with E-state index in [1.807, 2.05) is 6.08 Å². The standard InChI is InChI=1S/C39H32.2CH4/c1-4-12-33(25-27(3)5-2)39-36-17-10-8-15-34(36)38(35-16-9-11-18-37(35)39)30-22-19-29(20-23-30)32-24-21-28-13-6-7-14-31(28)26-32;;/h4,6-26H,1,5H2,2-3H3;2*1H4/b27-25+,33-12+;;. The van der Waals surface area contributed by atoms with Crippen molar-refractivity contribution in [2.45, 2.75) is 35.1 Å². The van der Waals surface area contributed by atoms with Crippen molar-refractivity contribution < 1.29 is 0 Å². The van der Waals surface area contributed by atoms with Crippen LogP contribution in [0.4, 0.5) is 0 Å². The van der Waals surface area contributed by atoms with Crippen LogP contribution < -0.4 is 0 Å². The summed E-state index contributed by atoms with van der Waals surface area (Å²) in [6.07, 6.45) is 7.38. The van der Waals surface area contributed by atoms with Crippen molar-refractivity contribution in [1.29, 1.82) is 0 Å². The first-order valence-electron chi connectivity index (χ1n) is 13.7. The Bertz CT molecular complexity index is 1840. The number of hydrogen-bond donors (Lipinski definition) is 0. The third kappa shape index (κ3) is 5.52. The minimum Gasteiger partial charge on any atom is -0.0990 e. The smallest absolute Gasteiger partial charge is 0.00264 e. The van der Waals surface area contributed by atoms with Crippen LogP contribution in [-0.2, 0) is 0 Å². The summed E-state index contributed by atoms with van der Waals surface area (Å²) < 4.78 is 0. The predicted molar refractivity (Wildman–Crippen MR) is 186 cm³/mol. The van der Waals surface area contributed by atoms with E-state index in [0.29, 0.717) is 0 Å². The van der Waals surface area contributed by atoms with Gasteiger partial charge in [-0.1, -0.05) is 161 Å². The van der Waals surface area contributed by atoms with Crippen LogP contribution in [0.2, 0.25) is 0 Å². The maximum Gasteiger partial charge on any atom is -0.00264 e. The molecule has 0 amide bonds. The summed E-state index contributed by atoms with van der Waals surface area (Å²) in [6.45, 7) is 8.44. The van der Waals surface area contributed by atoms with Gasteiger partial charge in [-0.25, -0.2) is 0 Å². The second-order valence-electron chi connectivity index (χ2n) is 10.2. The van der Waals surface area contributed by atoms with Crippen molar-refractivity contribution in [3.05, 3.63) is 151 Å². The molecule has 41 heavy (non-hydrogen) atoms. The van der Waals surface area contributed by atoms with E-state index >= 15 is 0 Å². The molecule has 6 rings (SSSR count). The van der Waals surface area contributed by atoms with E-state index < -0.39 is 0 Å². The summed E-state index contributed by atoms with van der Waals surface area (Å²) in [5, 5.41) is 7.59. The van der Waals surface area contributed by atoms with Crippen LogP contribution in [0.1, 0.15) is 40.7 Å². The Morgan fingerprint density at radius 1 is 0.610 bits per heavy atom. The third-order valence-corrected chi connectivity index (χ3v) is 7.73. The molecule has 0 N–H and O–H groups in total. The van der Waals surface area contributed by atoms with Gasteiger partial charge in [0.2, 0.25) is 0 Å². The van der Waals surface area contributed by atoms with Gasteiger partial charge in [0.25, 0.3) is 0 Å². The van der Waals surface area contributed by atoms with Crippen molar-refractivity contribution in [2.75, 3.05) is 0 Å². The average molecular weight is 533 g/mol. The van der Waals surface area contributed by atoms with Gasteiger partial charge in [0, 0.05) is 0 Å². The largest absolute Gasteiger partial charge is 0.0990 e. The quantitative estimate of drug-likeness (QED) is 0.148. The summed E-state index contributed by atoms with van der Waals surface area (Å²) in [7, 11) is 0. The molecule has 0 atom stereocenters. The topological polar surface area (TPSA) is 0 Å². The molecule has 0 radical (unpaired) electrons. The average Bonchev–Trinajstić information content (AvgIpc) is 2.99. The molecule has 0 aliphatic heterocycles. The zero-order valence-corrected chi connectivity index (χ0v) is 22.6. The Labute approximate surface area is 246 Å². The monoisotopic (exact) mass is 532 g/mol. The molecule has 6 aromatic rings. The maximum absolute atomic E-state index is 4.03. The van der Waals surface area contributed by atoms with Crippen LogP contribution in [0, 0.1) is 0 Å². The number of allylic oxidation sites excluding steroid dienone is 5. The van der Waals surface area contributed by atoms with E-state index in [1.165, 1.54) is 71.3 Å². The first-order chi connectivity index (χ1) is 19.2. The lowest BCUT2D eigenvalue weighted by molar-refractivity contribution is 1.10. The Morgan fingerprint density at radius 3 is 1.71 bits per heavy atom. The van der Waals surface area contributed by atoms with Crippen molar-refractivity contribution in [2.24, 2.45) is 0 Å². The highest BCUT2D eigenvalue weighted by Gasteiger charge is 2.17. The summed E-state index contributed by atoms with van der Waals surface area (Å²) in [6, 6.07) is 42.0. The second kappa shape index (κ2) is 12.7. The van der Waals surface area contributed by atoms with Gasteiger partial charge in [-0.05, 0) is 85.1 Å². The van der Waals surface area contributed by atoms with E-state index in [1.54, 1.807) is 0 Å². The SMILES string of the molecule is C.C.C=C/C=C(\C=C(/C)CC)c1c2ccccc2c(-c2ccc(-c3ccc4ccccc4c3)cc2)c2ccccc12. The zero-order valence-electron chi connectivity index (χ0n) is 22.6. The third-order valence-electron chi connectivity index (χ3n) is 7.73. The van der Waals surface area contributed by atoms with Crippen LogP contribution in [0.5, 0.6) is 0 Å². The highest BCUT2D eigenvalue weighted by Crippen LogP contribution is 2.42. The van der Waals surface area contributed by atoms with E-state index in [2.05, 4.69) is 148 Å². The lowest BCUT2D eigenvalue weighted by atomic mass is 9.85. The number of fused-ring (bicyclic) bond motifs is 3. The normalized spacial score (nSPS) is 11.8. The van der Waals surface area contributed by atoms with Crippen molar-refractivity contribution >= 4 is 37.9 Å². The minimum absolute atomic E-state index is 0. The lowest BCUT2D eigenvalue weighted by Gasteiger charge is -2.18. The second-order valence-corrected chi connectivity index (χ2v) is 10.2. The van der Waals surface area contributed by atoms with Gasteiger partial charge in [0.15, 0.2) is 0 Å². The first-order valence-corrected chi connectivity index (χ1v) is 13.7. The van der Waals surface area contributed by atoms with Gasteiger partial charge in [-0.3, -0.25) is 0 Å². The first kappa shape index (κ1) is 29.3. The molecule has 0 spiro atoms. The molecular formula is C41H40. The summed E-state index contributed by atoms with van der Waals surface area (Å²) in [5.41, 5.74) is 8.80. The molecule has 0 saturated carbocycles. The predicted octanol–water partition coefficient (Wildman–Crippen LogP) is 12.7. The van der Waals surface area contributed by atoms with Crippen molar-refractivity contribution in [3.8, 4) is 22.3 Å². The van der Waals surface area contributed by atoms with Gasteiger partial charge in [0.05, 0.1) is 0 Å². The van der Waals surface area contributed by atoms with Crippen molar-refractivity contribution in [3.63, 3.8) is 0 Å².